The molecule has 0 amide bonds. The van der Waals surface area contributed by atoms with E-state index in [-0.39, 0.29) is 5.69 Å². The average Bonchev–Trinajstić information content (AvgIpc) is 2.82. The van der Waals surface area contributed by atoms with E-state index in [2.05, 4.69) is 4.98 Å². The number of carbonyl (C=O) groups is 1. The maximum Gasteiger partial charge on any atom is 0.356 e. The zero-order valence-corrected chi connectivity index (χ0v) is 10.4. The Morgan fingerprint density at radius 1 is 1.21 bits per heavy atom. The molecular formula is C15H12N2O2. The number of aromatic carboxylic acids is 1. The maximum absolute atomic E-state index is 11.3. The third kappa shape index (κ3) is 1.78. The summed E-state index contributed by atoms with van der Waals surface area (Å²) in [6, 6.07) is 11.6. The lowest BCUT2D eigenvalue weighted by molar-refractivity contribution is 0.0690. The fourth-order valence-electron chi connectivity index (χ4n) is 2.29. The Morgan fingerprint density at radius 2 is 2.00 bits per heavy atom. The second-order valence-corrected chi connectivity index (χ2v) is 4.37. The summed E-state index contributed by atoms with van der Waals surface area (Å²) in [5.74, 6) is -1.02. The van der Waals surface area contributed by atoms with Gasteiger partial charge in [-0.3, -0.25) is 0 Å². The molecule has 4 nitrogen and oxygen atoms in total. The first-order chi connectivity index (χ1) is 9.18. The van der Waals surface area contributed by atoms with Gasteiger partial charge in [-0.05, 0) is 36.1 Å². The smallest absolute Gasteiger partial charge is 0.356 e. The third-order valence-electron chi connectivity index (χ3n) is 3.17. The molecule has 1 aromatic carbocycles. The van der Waals surface area contributed by atoms with E-state index in [1.54, 1.807) is 0 Å². The maximum atomic E-state index is 11.3. The first kappa shape index (κ1) is 11.5. The van der Waals surface area contributed by atoms with Crippen LogP contribution in [0.2, 0.25) is 0 Å². The van der Waals surface area contributed by atoms with Crippen LogP contribution in [-0.4, -0.2) is 20.6 Å². The largest absolute Gasteiger partial charge is 0.476 e. The van der Waals surface area contributed by atoms with Gasteiger partial charge in [0.05, 0.1) is 11.2 Å². The number of aryl methyl sites for hydroxylation is 1. The fraction of sp³-hybridized carbons (Fsp3) is 0.0667. The molecule has 0 unspecified atom stereocenters. The number of hydrogen-bond acceptors (Lipinski definition) is 2. The molecule has 0 saturated heterocycles. The van der Waals surface area contributed by atoms with Crippen LogP contribution in [0.4, 0.5) is 0 Å². The van der Waals surface area contributed by atoms with Crippen molar-refractivity contribution in [3.8, 4) is 5.69 Å². The van der Waals surface area contributed by atoms with Crippen LogP contribution in [-0.2, 0) is 0 Å². The molecule has 4 heteroatoms. The van der Waals surface area contributed by atoms with Crippen LogP contribution < -0.4 is 0 Å². The van der Waals surface area contributed by atoms with Gasteiger partial charge in [0, 0.05) is 12.4 Å². The normalized spacial score (nSPS) is 10.8. The topological polar surface area (TPSA) is 55.1 Å². The summed E-state index contributed by atoms with van der Waals surface area (Å²) >= 11 is 0. The first-order valence-electron chi connectivity index (χ1n) is 5.94. The molecule has 0 bridgehead atoms. The Balaban J connectivity index is 2.36. The molecule has 0 aliphatic heterocycles. The van der Waals surface area contributed by atoms with Gasteiger partial charge in [0.1, 0.15) is 0 Å². The zero-order chi connectivity index (χ0) is 13.4. The lowest BCUT2D eigenvalue weighted by Crippen LogP contribution is -2.09. The van der Waals surface area contributed by atoms with E-state index in [0.717, 1.165) is 16.5 Å². The van der Waals surface area contributed by atoms with Crippen molar-refractivity contribution in [2.24, 2.45) is 0 Å². The minimum Gasteiger partial charge on any atom is -0.476 e. The van der Waals surface area contributed by atoms with Crippen LogP contribution in [0, 0.1) is 6.92 Å². The van der Waals surface area contributed by atoms with Gasteiger partial charge >= 0.3 is 5.97 Å². The molecule has 0 radical (unpaired) electrons. The number of fused-ring (bicyclic) bond motifs is 1. The highest BCUT2D eigenvalue weighted by Crippen LogP contribution is 2.24. The van der Waals surface area contributed by atoms with Crippen molar-refractivity contribution in [1.29, 1.82) is 0 Å². The number of hydrogen-bond donors (Lipinski definition) is 1. The number of benzene rings is 1. The van der Waals surface area contributed by atoms with E-state index in [0.29, 0.717) is 5.69 Å². The molecule has 2 heterocycles. The monoisotopic (exact) mass is 252 g/mol. The SMILES string of the molecule is Cc1ccnc(C(=O)O)c1-n1ccc2ccccc21. The van der Waals surface area contributed by atoms with Gasteiger partial charge in [-0.15, -0.1) is 0 Å². The van der Waals surface area contributed by atoms with E-state index in [4.69, 9.17) is 0 Å². The Kier molecular flexibility index (Phi) is 2.56. The van der Waals surface area contributed by atoms with Gasteiger partial charge in [-0.2, -0.15) is 0 Å². The molecule has 0 aliphatic carbocycles. The van der Waals surface area contributed by atoms with Crippen molar-refractivity contribution in [2.45, 2.75) is 6.92 Å². The van der Waals surface area contributed by atoms with Crippen molar-refractivity contribution in [1.82, 2.24) is 9.55 Å². The molecule has 0 atom stereocenters. The Hall–Kier alpha value is -2.62. The van der Waals surface area contributed by atoms with E-state index >= 15 is 0 Å². The summed E-state index contributed by atoms with van der Waals surface area (Å²) < 4.78 is 1.88. The van der Waals surface area contributed by atoms with E-state index in [1.807, 2.05) is 54.1 Å². The summed E-state index contributed by atoms with van der Waals surface area (Å²) in [5, 5.41) is 10.4. The summed E-state index contributed by atoms with van der Waals surface area (Å²) in [4.78, 5) is 15.3. The van der Waals surface area contributed by atoms with Gasteiger partial charge < -0.3 is 9.67 Å². The minimum absolute atomic E-state index is 0.0707. The van der Waals surface area contributed by atoms with Crippen molar-refractivity contribution >= 4 is 16.9 Å². The summed E-state index contributed by atoms with van der Waals surface area (Å²) in [6.07, 6.45) is 3.40. The Labute approximate surface area is 109 Å². The van der Waals surface area contributed by atoms with Crippen molar-refractivity contribution in [3.05, 3.63) is 60.0 Å². The zero-order valence-electron chi connectivity index (χ0n) is 10.4. The van der Waals surface area contributed by atoms with Gasteiger partial charge in [-0.1, -0.05) is 18.2 Å². The third-order valence-corrected chi connectivity index (χ3v) is 3.17. The predicted octanol–water partition coefficient (Wildman–Crippen LogP) is 3.03. The highest BCUT2D eigenvalue weighted by atomic mass is 16.4. The molecule has 0 spiro atoms. The van der Waals surface area contributed by atoms with E-state index in [1.165, 1.54) is 6.20 Å². The van der Waals surface area contributed by atoms with Crippen molar-refractivity contribution < 1.29 is 9.90 Å². The predicted molar refractivity (Wildman–Crippen MR) is 72.8 cm³/mol. The Bertz CT molecular complexity index is 775. The highest BCUT2D eigenvalue weighted by molar-refractivity contribution is 5.92. The van der Waals surface area contributed by atoms with Crippen molar-refractivity contribution in [3.63, 3.8) is 0 Å². The number of para-hydroxylation sites is 1. The molecular weight excluding hydrogens is 240 g/mol. The Morgan fingerprint density at radius 3 is 2.79 bits per heavy atom. The number of pyridine rings is 1. The minimum atomic E-state index is -1.02. The first-order valence-corrected chi connectivity index (χ1v) is 5.94. The van der Waals surface area contributed by atoms with Gasteiger partial charge in [-0.25, -0.2) is 9.78 Å². The van der Waals surface area contributed by atoms with E-state index < -0.39 is 5.97 Å². The second-order valence-electron chi connectivity index (χ2n) is 4.37. The molecule has 3 aromatic rings. The van der Waals surface area contributed by atoms with Crippen LogP contribution in [0.3, 0.4) is 0 Å². The lowest BCUT2D eigenvalue weighted by Gasteiger charge is -2.11. The number of carboxylic acid groups (broad SMARTS) is 1. The standard InChI is InChI=1S/C15H12N2O2/c1-10-6-8-16-13(15(18)19)14(10)17-9-7-11-4-2-3-5-12(11)17/h2-9H,1H3,(H,18,19). The average molecular weight is 252 g/mol. The quantitative estimate of drug-likeness (QED) is 0.762. The fourth-order valence-corrected chi connectivity index (χ4v) is 2.29. The molecule has 2 aromatic heterocycles. The highest BCUT2D eigenvalue weighted by Gasteiger charge is 2.16. The van der Waals surface area contributed by atoms with Gasteiger partial charge in [0.25, 0.3) is 0 Å². The molecule has 0 saturated carbocycles. The second kappa shape index (κ2) is 4.24. The van der Waals surface area contributed by atoms with E-state index in [9.17, 15) is 9.90 Å². The van der Waals surface area contributed by atoms with Crippen LogP contribution >= 0.6 is 0 Å². The molecule has 0 aliphatic rings. The van der Waals surface area contributed by atoms with Gasteiger partial charge in [0.15, 0.2) is 5.69 Å². The van der Waals surface area contributed by atoms with Gasteiger partial charge in [0.2, 0.25) is 0 Å². The number of rotatable bonds is 2. The van der Waals surface area contributed by atoms with Crippen LogP contribution in [0.5, 0.6) is 0 Å². The van der Waals surface area contributed by atoms with Crippen LogP contribution in [0.25, 0.3) is 16.6 Å². The molecule has 0 fully saturated rings. The van der Waals surface area contributed by atoms with Crippen molar-refractivity contribution in [2.75, 3.05) is 0 Å². The number of aromatic nitrogens is 2. The molecule has 94 valence electrons. The molecule has 1 N–H and O–H groups in total. The molecule has 19 heavy (non-hydrogen) atoms. The summed E-state index contributed by atoms with van der Waals surface area (Å²) in [6.45, 7) is 1.89. The lowest BCUT2D eigenvalue weighted by atomic mass is 10.2. The number of carboxylic acids is 1. The number of nitrogens with zero attached hydrogens (tertiary/aromatic N) is 2. The van der Waals surface area contributed by atoms with Crippen LogP contribution in [0.15, 0.2) is 48.8 Å². The van der Waals surface area contributed by atoms with Crippen LogP contribution in [0.1, 0.15) is 16.1 Å². The molecule has 3 rings (SSSR count). The summed E-state index contributed by atoms with van der Waals surface area (Å²) in [5.41, 5.74) is 2.55. The summed E-state index contributed by atoms with van der Waals surface area (Å²) in [7, 11) is 0.